The Morgan fingerprint density at radius 2 is 2.19 bits per heavy atom. The van der Waals surface area contributed by atoms with Crippen LogP contribution in [0.5, 0.6) is 0 Å². The van der Waals surface area contributed by atoms with Crippen LogP contribution >= 0.6 is 0 Å². The highest BCUT2D eigenvalue weighted by atomic mass is 15.2. The van der Waals surface area contributed by atoms with Gasteiger partial charge in [-0.25, -0.2) is 0 Å². The molecule has 0 aromatic carbocycles. The Hall–Kier alpha value is -0.990. The number of aromatic amines is 1. The summed E-state index contributed by atoms with van der Waals surface area (Å²) in [6, 6.07) is 0. The first kappa shape index (κ1) is 11.5. The molecule has 0 bridgehead atoms. The van der Waals surface area contributed by atoms with Crippen molar-refractivity contribution in [1.29, 1.82) is 0 Å². The van der Waals surface area contributed by atoms with Gasteiger partial charge >= 0.3 is 0 Å². The van der Waals surface area contributed by atoms with Gasteiger partial charge in [-0.3, -0.25) is 5.10 Å². The van der Waals surface area contributed by atoms with Crippen molar-refractivity contribution in [3.05, 3.63) is 11.3 Å². The van der Waals surface area contributed by atoms with Crippen molar-refractivity contribution in [1.82, 2.24) is 10.2 Å². The maximum Gasteiger partial charge on any atom is 0.151 e. The van der Waals surface area contributed by atoms with Crippen molar-refractivity contribution in [2.75, 3.05) is 11.9 Å². The first-order chi connectivity index (χ1) is 7.50. The summed E-state index contributed by atoms with van der Waals surface area (Å²) < 4.78 is 0. The summed E-state index contributed by atoms with van der Waals surface area (Å²) in [6.07, 6.45) is 3.69. The van der Waals surface area contributed by atoms with Crippen LogP contribution in [0.25, 0.3) is 0 Å². The molecule has 1 aliphatic carbocycles. The number of rotatable bonds is 3. The van der Waals surface area contributed by atoms with E-state index in [0.29, 0.717) is 5.92 Å². The Morgan fingerprint density at radius 3 is 2.88 bits per heavy atom. The molecule has 2 rings (SSSR count). The van der Waals surface area contributed by atoms with Gasteiger partial charge in [0.05, 0.1) is 0 Å². The number of aromatic nitrogens is 2. The molecule has 2 N–H and O–H groups in total. The third kappa shape index (κ3) is 2.08. The molecule has 1 heterocycles. The quantitative estimate of drug-likeness (QED) is 0.823. The minimum Gasteiger partial charge on any atom is -0.368 e. The number of hydrogen-bond donors (Lipinski definition) is 2. The first-order valence-electron chi connectivity index (χ1n) is 6.32. The fourth-order valence-electron chi connectivity index (χ4n) is 2.45. The standard InChI is InChI=1S/C13H23N3/c1-9(2)8-14-12-10-6-5-7-13(3,4)11(10)15-16-12/h9H,5-8H2,1-4H3,(H2,14,15,16). The predicted octanol–water partition coefficient (Wildman–Crippen LogP) is 3.09. The number of fused-ring (bicyclic) bond motifs is 1. The lowest BCUT2D eigenvalue weighted by Gasteiger charge is -2.29. The van der Waals surface area contributed by atoms with Gasteiger partial charge in [0.15, 0.2) is 5.82 Å². The van der Waals surface area contributed by atoms with Crippen LogP contribution in [0.4, 0.5) is 5.82 Å². The molecule has 0 saturated carbocycles. The van der Waals surface area contributed by atoms with E-state index >= 15 is 0 Å². The first-order valence-corrected chi connectivity index (χ1v) is 6.32. The third-order valence-electron chi connectivity index (χ3n) is 3.45. The van der Waals surface area contributed by atoms with Gasteiger partial charge < -0.3 is 5.32 Å². The molecule has 1 aromatic rings. The normalized spacial score (nSPS) is 18.6. The maximum absolute atomic E-state index is 4.43. The van der Waals surface area contributed by atoms with Gasteiger partial charge in [0, 0.05) is 23.2 Å². The van der Waals surface area contributed by atoms with Crippen molar-refractivity contribution >= 4 is 5.82 Å². The second-order valence-electron chi connectivity index (χ2n) is 5.94. The van der Waals surface area contributed by atoms with Gasteiger partial charge in [0.2, 0.25) is 0 Å². The van der Waals surface area contributed by atoms with E-state index in [4.69, 9.17) is 0 Å². The van der Waals surface area contributed by atoms with Crippen molar-refractivity contribution in [3.63, 3.8) is 0 Å². The van der Waals surface area contributed by atoms with E-state index < -0.39 is 0 Å². The average molecular weight is 221 g/mol. The summed E-state index contributed by atoms with van der Waals surface area (Å²) in [5, 5.41) is 11.1. The van der Waals surface area contributed by atoms with E-state index in [-0.39, 0.29) is 5.41 Å². The average Bonchev–Trinajstić information content (AvgIpc) is 2.59. The Kier molecular flexibility index (Phi) is 2.96. The molecule has 3 nitrogen and oxygen atoms in total. The van der Waals surface area contributed by atoms with Crippen LogP contribution in [0.3, 0.4) is 0 Å². The van der Waals surface area contributed by atoms with Crippen LogP contribution in [0, 0.1) is 5.92 Å². The third-order valence-corrected chi connectivity index (χ3v) is 3.45. The zero-order valence-corrected chi connectivity index (χ0v) is 10.9. The Bertz CT molecular complexity index is 363. The molecular weight excluding hydrogens is 198 g/mol. The molecule has 3 heteroatoms. The molecule has 90 valence electrons. The van der Waals surface area contributed by atoms with E-state index in [9.17, 15) is 0 Å². The lowest BCUT2D eigenvalue weighted by atomic mass is 9.76. The maximum atomic E-state index is 4.43. The fourth-order valence-corrected chi connectivity index (χ4v) is 2.45. The second-order valence-corrected chi connectivity index (χ2v) is 5.94. The summed E-state index contributed by atoms with van der Waals surface area (Å²) in [6.45, 7) is 10.0. The summed E-state index contributed by atoms with van der Waals surface area (Å²) >= 11 is 0. The Morgan fingerprint density at radius 1 is 1.44 bits per heavy atom. The van der Waals surface area contributed by atoms with Gasteiger partial charge in [0.1, 0.15) is 0 Å². The van der Waals surface area contributed by atoms with Crippen LogP contribution in [0.2, 0.25) is 0 Å². The number of H-pyrrole nitrogens is 1. The molecule has 1 aromatic heterocycles. The molecule has 0 atom stereocenters. The van der Waals surface area contributed by atoms with Gasteiger partial charge in [-0.2, -0.15) is 5.10 Å². The van der Waals surface area contributed by atoms with E-state index in [1.807, 2.05) is 0 Å². The highest BCUT2D eigenvalue weighted by Crippen LogP contribution is 2.38. The molecule has 1 aliphatic rings. The zero-order valence-electron chi connectivity index (χ0n) is 10.9. The minimum absolute atomic E-state index is 0.262. The predicted molar refractivity (Wildman–Crippen MR) is 67.9 cm³/mol. The van der Waals surface area contributed by atoms with E-state index in [2.05, 4.69) is 43.2 Å². The van der Waals surface area contributed by atoms with Crippen molar-refractivity contribution < 1.29 is 0 Å². The highest BCUT2D eigenvalue weighted by molar-refractivity contribution is 5.49. The number of nitrogens with zero attached hydrogens (tertiary/aromatic N) is 1. The lowest BCUT2D eigenvalue weighted by molar-refractivity contribution is 0.420. The van der Waals surface area contributed by atoms with Gasteiger partial charge in [-0.05, 0) is 25.2 Å². The van der Waals surface area contributed by atoms with Crippen LogP contribution < -0.4 is 5.32 Å². The Balaban J connectivity index is 2.20. The van der Waals surface area contributed by atoms with Gasteiger partial charge in [-0.1, -0.05) is 27.7 Å². The summed E-state index contributed by atoms with van der Waals surface area (Å²) in [5.74, 6) is 1.74. The molecule has 0 fully saturated rings. The summed E-state index contributed by atoms with van der Waals surface area (Å²) in [5.41, 5.74) is 3.01. The number of nitrogens with one attached hydrogen (secondary N) is 2. The van der Waals surface area contributed by atoms with Crippen molar-refractivity contribution in [2.45, 2.75) is 52.4 Å². The zero-order chi connectivity index (χ0) is 11.8. The number of anilines is 1. The van der Waals surface area contributed by atoms with Crippen LogP contribution in [0.1, 0.15) is 51.8 Å². The molecule has 0 spiro atoms. The molecule has 0 unspecified atom stereocenters. The number of hydrogen-bond acceptors (Lipinski definition) is 2. The molecule has 16 heavy (non-hydrogen) atoms. The van der Waals surface area contributed by atoms with E-state index in [1.165, 1.54) is 24.1 Å². The van der Waals surface area contributed by atoms with E-state index in [1.54, 1.807) is 0 Å². The van der Waals surface area contributed by atoms with Crippen molar-refractivity contribution in [2.24, 2.45) is 5.92 Å². The SMILES string of the molecule is CC(C)CNc1n[nH]c2c1CCCC2(C)C. The van der Waals surface area contributed by atoms with Gasteiger partial charge in [-0.15, -0.1) is 0 Å². The van der Waals surface area contributed by atoms with Crippen LogP contribution in [-0.4, -0.2) is 16.7 Å². The smallest absolute Gasteiger partial charge is 0.151 e. The molecule has 0 saturated heterocycles. The molecule has 0 amide bonds. The second kappa shape index (κ2) is 4.11. The highest BCUT2D eigenvalue weighted by Gasteiger charge is 2.31. The fraction of sp³-hybridized carbons (Fsp3) is 0.769. The van der Waals surface area contributed by atoms with E-state index in [0.717, 1.165) is 18.8 Å². The molecular formula is C13H23N3. The molecule has 0 radical (unpaired) electrons. The monoisotopic (exact) mass is 221 g/mol. The van der Waals surface area contributed by atoms with Crippen LogP contribution in [0.15, 0.2) is 0 Å². The lowest BCUT2D eigenvalue weighted by Crippen LogP contribution is -2.24. The van der Waals surface area contributed by atoms with Crippen molar-refractivity contribution in [3.8, 4) is 0 Å². The Labute approximate surface area is 98.0 Å². The van der Waals surface area contributed by atoms with Gasteiger partial charge in [0.25, 0.3) is 0 Å². The largest absolute Gasteiger partial charge is 0.368 e. The topological polar surface area (TPSA) is 40.7 Å². The van der Waals surface area contributed by atoms with Crippen LogP contribution in [-0.2, 0) is 11.8 Å². The summed E-state index contributed by atoms with van der Waals surface area (Å²) in [4.78, 5) is 0. The minimum atomic E-state index is 0.262. The molecule has 0 aliphatic heterocycles. The summed E-state index contributed by atoms with van der Waals surface area (Å²) in [7, 11) is 0.